The van der Waals surface area contributed by atoms with Gasteiger partial charge in [0.05, 0.1) is 0 Å². The Hall–Kier alpha value is -0.331. The molecule has 0 spiro atoms. The molecule has 1 aromatic carbocycles. The van der Waals surface area contributed by atoms with E-state index in [0.717, 1.165) is 0 Å². The number of hydrogen-bond acceptors (Lipinski definition) is 0. The van der Waals surface area contributed by atoms with Crippen molar-refractivity contribution < 1.29 is 22.0 Å². The summed E-state index contributed by atoms with van der Waals surface area (Å²) in [5.41, 5.74) is -0.688. The van der Waals surface area contributed by atoms with Gasteiger partial charge in [0.2, 0.25) is 0 Å². The third kappa shape index (κ3) is 1.66. The molecular formula is C7H5F5Sn. The maximum absolute atomic E-state index is 12.7. The summed E-state index contributed by atoms with van der Waals surface area (Å²) >= 11 is -0.166. The zero-order chi connectivity index (χ0) is 10.2. The van der Waals surface area contributed by atoms with Gasteiger partial charge in [0.15, 0.2) is 0 Å². The van der Waals surface area contributed by atoms with E-state index in [0.29, 0.717) is 0 Å². The van der Waals surface area contributed by atoms with Gasteiger partial charge in [-0.05, 0) is 0 Å². The Morgan fingerprint density at radius 1 is 0.692 bits per heavy atom. The van der Waals surface area contributed by atoms with Crippen molar-refractivity contribution in [3.63, 3.8) is 0 Å². The van der Waals surface area contributed by atoms with Crippen LogP contribution in [-0.4, -0.2) is 22.5 Å². The summed E-state index contributed by atoms with van der Waals surface area (Å²) in [7, 11) is 0. The first-order valence-corrected chi connectivity index (χ1v) is 7.54. The van der Waals surface area contributed by atoms with E-state index < -0.39 is 34.6 Å². The summed E-state index contributed by atoms with van der Waals surface area (Å²) in [6.45, 7) is 0. The predicted molar refractivity (Wildman–Crippen MR) is 39.9 cm³/mol. The molecule has 0 saturated carbocycles. The quantitative estimate of drug-likeness (QED) is 0.317. The van der Waals surface area contributed by atoms with Gasteiger partial charge in [0.25, 0.3) is 0 Å². The maximum atomic E-state index is 12.7. The Bertz CT molecular complexity index is 320. The van der Waals surface area contributed by atoms with Crippen molar-refractivity contribution in [2.75, 3.05) is 0 Å². The van der Waals surface area contributed by atoms with Crippen molar-refractivity contribution >= 4 is 22.5 Å². The molecule has 0 saturated heterocycles. The van der Waals surface area contributed by atoms with Crippen LogP contribution < -0.4 is 0 Å². The first-order valence-electron chi connectivity index (χ1n) is 3.51. The van der Waals surface area contributed by atoms with Crippen LogP contribution in [0.15, 0.2) is 0 Å². The molecule has 0 bridgehead atoms. The Labute approximate surface area is 83.8 Å². The van der Waals surface area contributed by atoms with Crippen LogP contribution in [0.2, 0.25) is 0 Å². The van der Waals surface area contributed by atoms with Gasteiger partial charge in [-0.2, -0.15) is 0 Å². The van der Waals surface area contributed by atoms with Gasteiger partial charge >= 0.3 is 83.6 Å². The fourth-order valence-electron chi connectivity index (χ4n) is 0.961. The van der Waals surface area contributed by atoms with Crippen molar-refractivity contribution in [3.8, 4) is 0 Å². The van der Waals surface area contributed by atoms with E-state index in [1.165, 1.54) is 0 Å². The van der Waals surface area contributed by atoms with Crippen molar-refractivity contribution in [3.05, 3.63) is 34.6 Å². The molecule has 0 aliphatic rings. The second-order valence-electron chi connectivity index (χ2n) is 2.40. The molecule has 0 N–H and O–H groups in total. The minimum atomic E-state index is -2.10. The zero-order valence-corrected chi connectivity index (χ0v) is 12.3. The summed E-state index contributed by atoms with van der Waals surface area (Å²) in [6.07, 6.45) is 0. The van der Waals surface area contributed by atoms with Crippen molar-refractivity contribution in [1.82, 2.24) is 0 Å². The summed E-state index contributed by atoms with van der Waals surface area (Å²) in [6, 6.07) is 0. The standard InChI is InChI=1S/C7H2F5.Sn.3H/c1-2-3(8)5(10)7(12)6(11)4(2)9;;;;/h1H2;;;;. The monoisotopic (exact) mass is 304 g/mol. The molecule has 0 amide bonds. The van der Waals surface area contributed by atoms with Crippen LogP contribution in [0.25, 0.3) is 0 Å². The molecule has 0 aromatic heterocycles. The van der Waals surface area contributed by atoms with Crippen LogP contribution in [0.1, 0.15) is 5.56 Å². The fourth-order valence-corrected chi connectivity index (χ4v) is 2.73. The molecule has 0 nitrogen and oxygen atoms in total. The third-order valence-electron chi connectivity index (χ3n) is 1.65. The van der Waals surface area contributed by atoms with E-state index in [1.807, 2.05) is 0 Å². The van der Waals surface area contributed by atoms with Gasteiger partial charge in [-0.25, -0.2) is 0 Å². The number of rotatable bonds is 1. The van der Waals surface area contributed by atoms with Gasteiger partial charge in [-0.15, -0.1) is 0 Å². The Morgan fingerprint density at radius 3 is 1.31 bits per heavy atom. The minimum absolute atomic E-state index is 0.0343. The Morgan fingerprint density at radius 2 is 1.00 bits per heavy atom. The van der Waals surface area contributed by atoms with E-state index in [2.05, 4.69) is 0 Å². The number of benzene rings is 1. The van der Waals surface area contributed by atoms with Crippen LogP contribution in [-0.2, 0) is 4.44 Å². The van der Waals surface area contributed by atoms with Gasteiger partial charge < -0.3 is 0 Å². The molecule has 0 heterocycles. The summed E-state index contributed by atoms with van der Waals surface area (Å²) in [5, 5.41) is 0. The predicted octanol–water partition coefficient (Wildman–Crippen LogP) is 1.25. The molecule has 1 aromatic rings. The molecule has 0 unspecified atom stereocenters. The molecular weight excluding hydrogens is 298 g/mol. The first kappa shape index (κ1) is 10.7. The zero-order valence-electron chi connectivity index (χ0n) is 6.60. The van der Waals surface area contributed by atoms with Crippen molar-refractivity contribution in [2.45, 2.75) is 4.44 Å². The van der Waals surface area contributed by atoms with E-state index >= 15 is 0 Å². The Kier molecular flexibility index (Phi) is 3.15. The topological polar surface area (TPSA) is 0 Å². The average molecular weight is 303 g/mol. The van der Waals surface area contributed by atoms with E-state index in [9.17, 15) is 22.0 Å². The summed E-state index contributed by atoms with van der Waals surface area (Å²) < 4.78 is 62.7. The van der Waals surface area contributed by atoms with Crippen LogP contribution in [0.4, 0.5) is 22.0 Å². The van der Waals surface area contributed by atoms with E-state index in [1.54, 1.807) is 0 Å². The van der Waals surface area contributed by atoms with E-state index in [-0.39, 0.29) is 27.0 Å². The molecule has 0 aliphatic carbocycles. The first-order chi connectivity index (χ1) is 6.00. The molecule has 0 atom stereocenters. The molecule has 0 aliphatic heterocycles. The fraction of sp³-hybridized carbons (Fsp3) is 0.143. The molecule has 0 radical (unpaired) electrons. The third-order valence-corrected chi connectivity index (χ3v) is 3.67. The van der Waals surface area contributed by atoms with Gasteiger partial charge in [-0.3, -0.25) is 0 Å². The second-order valence-corrected chi connectivity index (χ2v) is 4.42. The van der Waals surface area contributed by atoms with Crippen molar-refractivity contribution in [2.24, 2.45) is 0 Å². The van der Waals surface area contributed by atoms with Crippen molar-refractivity contribution in [1.29, 1.82) is 0 Å². The van der Waals surface area contributed by atoms with Gasteiger partial charge in [0.1, 0.15) is 0 Å². The molecule has 13 heavy (non-hydrogen) atoms. The molecule has 72 valence electrons. The molecule has 0 fully saturated rings. The number of hydrogen-bond donors (Lipinski definition) is 0. The molecule has 1 rings (SSSR count). The van der Waals surface area contributed by atoms with E-state index in [4.69, 9.17) is 0 Å². The number of halogens is 5. The second kappa shape index (κ2) is 3.81. The SMILES string of the molecule is Fc1c(F)c(F)c([CH2][SnH3])c(F)c1F. The van der Waals surface area contributed by atoms with Crippen LogP contribution in [0, 0.1) is 29.1 Å². The van der Waals surface area contributed by atoms with Crippen LogP contribution in [0.5, 0.6) is 0 Å². The summed E-state index contributed by atoms with van der Waals surface area (Å²) in [4.78, 5) is 0. The van der Waals surface area contributed by atoms with Crippen LogP contribution in [0.3, 0.4) is 0 Å². The van der Waals surface area contributed by atoms with Crippen LogP contribution >= 0.6 is 0 Å². The van der Waals surface area contributed by atoms with Gasteiger partial charge in [-0.1, -0.05) is 0 Å². The van der Waals surface area contributed by atoms with Gasteiger partial charge in [0, 0.05) is 0 Å². The average Bonchev–Trinajstić information content (AvgIpc) is 2.13. The normalized spacial score (nSPS) is 10.8. The molecule has 6 heteroatoms. The summed E-state index contributed by atoms with van der Waals surface area (Å²) in [5.74, 6) is -9.21. The Balaban J connectivity index is 3.56.